The Bertz CT molecular complexity index is 633. The standard InChI is InChI=1S/C17H25N5O2/c1-12(2)17-18-16(24-21-17)10-22-8-6-14(7-9-22)11-23-15-5-4-13(3)19-20-15/h4-5,12,14H,6-11H2,1-3H3. The smallest absolute Gasteiger partial charge is 0.240 e. The summed E-state index contributed by atoms with van der Waals surface area (Å²) in [5.41, 5.74) is 0.900. The molecule has 0 bridgehead atoms. The van der Waals surface area contributed by atoms with Crippen molar-refractivity contribution in [3.63, 3.8) is 0 Å². The largest absolute Gasteiger partial charge is 0.476 e. The van der Waals surface area contributed by atoms with Gasteiger partial charge in [-0.05, 0) is 44.8 Å². The van der Waals surface area contributed by atoms with Crippen molar-refractivity contribution in [2.75, 3.05) is 19.7 Å². The first-order valence-electron chi connectivity index (χ1n) is 8.58. The first-order chi connectivity index (χ1) is 11.6. The Morgan fingerprint density at radius 2 is 2.04 bits per heavy atom. The van der Waals surface area contributed by atoms with Crippen molar-refractivity contribution in [1.82, 2.24) is 25.2 Å². The average molecular weight is 331 g/mol. The maximum Gasteiger partial charge on any atom is 0.240 e. The number of nitrogens with zero attached hydrogens (tertiary/aromatic N) is 5. The van der Waals surface area contributed by atoms with Crippen LogP contribution >= 0.6 is 0 Å². The van der Waals surface area contributed by atoms with Gasteiger partial charge in [0.25, 0.3) is 0 Å². The summed E-state index contributed by atoms with van der Waals surface area (Å²) in [5.74, 6) is 2.96. The van der Waals surface area contributed by atoms with Crippen LogP contribution in [0.15, 0.2) is 16.7 Å². The highest BCUT2D eigenvalue weighted by Gasteiger charge is 2.22. The minimum Gasteiger partial charge on any atom is -0.476 e. The maximum atomic E-state index is 5.75. The molecule has 1 aliphatic heterocycles. The van der Waals surface area contributed by atoms with Crippen molar-refractivity contribution in [2.45, 2.75) is 46.1 Å². The Morgan fingerprint density at radius 1 is 1.25 bits per heavy atom. The van der Waals surface area contributed by atoms with Crippen molar-refractivity contribution in [3.8, 4) is 5.88 Å². The Labute approximate surface area is 142 Å². The number of rotatable bonds is 6. The molecule has 7 nitrogen and oxygen atoms in total. The molecule has 130 valence electrons. The van der Waals surface area contributed by atoms with Crippen molar-refractivity contribution >= 4 is 0 Å². The molecule has 2 aromatic heterocycles. The van der Waals surface area contributed by atoms with Crippen LogP contribution in [0.1, 0.15) is 50.0 Å². The minimum absolute atomic E-state index is 0.301. The van der Waals surface area contributed by atoms with Crippen molar-refractivity contribution in [1.29, 1.82) is 0 Å². The van der Waals surface area contributed by atoms with Gasteiger partial charge in [0, 0.05) is 12.0 Å². The van der Waals surface area contributed by atoms with E-state index in [-0.39, 0.29) is 0 Å². The summed E-state index contributed by atoms with van der Waals surface area (Å²) >= 11 is 0. The monoisotopic (exact) mass is 331 g/mol. The molecular weight excluding hydrogens is 306 g/mol. The van der Waals surface area contributed by atoms with Gasteiger partial charge in [0.2, 0.25) is 11.8 Å². The average Bonchev–Trinajstić information content (AvgIpc) is 3.04. The molecule has 0 amide bonds. The second-order valence-electron chi connectivity index (χ2n) is 6.74. The lowest BCUT2D eigenvalue weighted by atomic mass is 9.98. The number of hydrogen-bond donors (Lipinski definition) is 0. The molecule has 1 aliphatic rings. The number of likely N-dealkylation sites (tertiary alicyclic amines) is 1. The third kappa shape index (κ3) is 4.50. The molecule has 0 aromatic carbocycles. The topological polar surface area (TPSA) is 77.2 Å². The second kappa shape index (κ2) is 7.70. The van der Waals surface area contributed by atoms with Gasteiger partial charge in [0.05, 0.1) is 18.8 Å². The van der Waals surface area contributed by atoms with E-state index in [2.05, 4.69) is 39.1 Å². The van der Waals surface area contributed by atoms with E-state index in [0.29, 0.717) is 30.2 Å². The summed E-state index contributed by atoms with van der Waals surface area (Å²) < 4.78 is 11.1. The number of ether oxygens (including phenoxy) is 1. The van der Waals surface area contributed by atoms with Crippen LogP contribution in [-0.4, -0.2) is 44.9 Å². The Kier molecular flexibility index (Phi) is 5.40. The lowest BCUT2D eigenvalue weighted by molar-refractivity contribution is 0.124. The minimum atomic E-state index is 0.301. The summed E-state index contributed by atoms with van der Waals surface area (Å²) in [5, 5.41) is 12.1. The van der Waals surface area contributed by atoms with Gasteiger partial charge >= 0.3 is 0 Å². The van der Waals surface area contributed by atoms with Crippen LogP contribution in [0, 0.1) is 12.8 Å². The third-order valence-electron chi connectivity index (χ3n) is 4.31. The fourth-order valence-corrected chi connectivity index (χ4v) is 2.74. The van der Waals surface area contributed by atoms with Crippen LogP contribution in [0.5, 0.6) is 5.88 Å². The molecule has 0 atom stereocenters. The molecule has 0 radical (unpaired) electrons. The third-order valence-corrected chi connectivity index (χ3v) is 4.31. The molecule has 0 N–H and O–H groups in total. The molecule has 3 rings (SSSR count). The lowest BCUT2D eigenvalue weighted by Crippen LogP contribution is -2.35. The Morgan fingerprint density at radius 3 is 2.67 bits per heavy atom. The summed E-state index contributed by atoms with van der Waals surface area (Å²) in [6.07, 6.45) is 2.20. The number of piperidine rings is 1. The SMILES string of the molecule is Cc1ccc(OCC2CCN(Cc3nc(C(C)C)no3)CC2)nn1. The van der Waals surface area contributed by atoms with E-state index < -0.39 is 0 Å². The van der Waals surface area contributed by atoms with E-state index in [1.165, 1.54) is 0 Å². The number of aromatic nitrogens is 4. The van der Waals surface area contributed by atoms with Gasteiger partial charge in [-0.25, -0.2) is 0 Å². The first kappa shape index (κ1) is 16.8. The zero-order chi connectivity index (χ0) is 16.9. The molecule has 3 heterocycles. The van der Waals surface area contributed by atoms with E-state index in [1.54, 1.807) is 0 Å². The molecule has 0 spiro atoms. The van der Waals surface area contributed by atoms with Crippen LogP contribution in [0.25, 0.3) is 0 Å². The van der Waals surface area contributed by atoms with Crippen molar-refractivity contribution in [2.24, 2.45) is 5.92 Å². The van der Waals surface area contributed by atoms with Gasteiger partial charge in [-0.1, -0.05) is 19.0 Å². The molecule has 24 heavy (non-hydrogen) atoms. The van der Waals surface area contributed by atoms with Gasteiger partial charge in [0.1, 0.15) is 0 Å². The van der Waals surface area contributed by atoms with E-state index in [1.807, 2.05) is 19.1 Å². The molecular formula is C17H25N5O2. The van der Waals surface area contributed by atoms with Gasteiger partial charge in [-0.2, -0.15) is 10.1 Å². The molecule has 1 fully saturated rings. The summed E-state index contributed by atoms with van der Waals surface area (Å²) in [6.45, 7) is 9.53. The zero-order valence-corrected chi connectivity index (χ0v) is 14.6. The fraction of sp³-hybridized carbons (Fsp3) is 0.647. The Hall–Kier alpha value is -2.02. The Balaban J connectivity index is 1.41. The summed E-state index contributed by atoms with van der Waals surface area (Å²) in [4.78, 5) is 6.81. The van der Waals surface area contributed by atoms with E-state index in [4.69, 9.17) is 9.26 Å². The van der Waals surface area contributed by atoms with E-state index in [0.717, 1.165) is 44.0 Å². The van der Waals surface area contributed by atoms with Crippen molar-refractivity contribution < 1.29 is 9.26 Å². The number of hydrogen-bond acceptors (Lipinski definition) is 7. The molecule has 0 unspecified atom stereocenters. The van der Waals surface area contributed by atoms with Crippen LogP contribution < -0.4 is 4.74 Å². The fourth-order valence-electron chi connectivity index (χ4n) is 2.74. The second-order valence-corrected chi connectivity index (χ2v) is 6.74. The van der Waals surface area contributed by atoms with E-state index >= 15 is 0 Å². The first-order valence-corrected chi connectivity index (χ1v) is 8.58. The van der Waals surface area contributed by atoms with Gasteiger partial charge in [0.15, 0.2) is 5.82 Å². The maximum absolute atomic E-state index is 5.75. The van der Waals surface area contributed by atoms with Crippen LogP contribution in [0.3, 0.4) is 0 Å². The normalized spacial score (nSPS) is 16.7. The number of aryl methyl sites for hydroxylation is 1. The predicted molar refractivity (Wildman–Crippen MR) is 88.7 cm³/mol. The van der Waals surface area contributed by atoms with E-state index in [9.17, 15) is 0 Å². The van der Waals surface area contributed by atoms with Crippen LogP contribution in [0.4, 0.5) is 0 Å². The summed E-state index contributed by atoms with van der Waals surface area (Å²) in [6, 6.07) is 3.79. The van der Waals surface area contributed by atoms with Crippen LogP contribution in [0.2, 0.25) is 0 Å². The molecule has 0 aliphatic carbocycles. The quantitative estimate of drug-likeness (QED) is 0.805. The lowest BCUT2D eigenvalue weighted by Gasteiger charge is -2.30. The van der Waals surface area contributed by atoms with Gasteiger partial charge < -0.3 is 9.26 Å². The molecule has 0 saturated carbocycles. The molecule has 1 saturated heterocycles. The highest BCUT2D eigenvalue weighted by atomic mass is 16.5. The van der Waals surface area contributed by atoms with Gasteiger partial charge in [-0.3, -0.25) is 4.90 Å². The molecule has 7 heteroatoms. The highest BCUT2D eigenvalue weighted by Crippen LogP contribution is 2.20. The molecule has 2 aromatic rings. The predicted octanol–water partition coefficient (Wildman–Crippen LogP) is 2.58. The zero-order valence-electron chi connectivity index (χ0n) is 14.6. The van der Waals surface area contributed by atoms with Crippen molar-refractivity contribution in [3.05, 3.63) is 29.5 Å². The highest BCUT2D eigenvalue weighted by molar-refractivity contribution is 5.10. The van der Waals surface area contributed by atoms with Crippen LogP contribution in [-0.2, 0) is 6.54 Å². The van der Waals surface area contributed by atoms with Gasteiger partial charge in [-0.15, -0.1) is 5.10 Å². The summed E-state index contributed by atoms with van der Waals surface area (Å²) in [7, 11) is 0.